The largest absolute Gasteiger partial charge is 0.348 e. The summed E-state index contributed by atoms with van der Waals surface area (Å²) in [7, 11) is 0. The van der Waals surface area contributed by atoms with E-state index in [1.165, 1.54) is 29.8 Å². The fourth-order valence-electron chi connectivity index (χ4n) is 3.39. The minimum absolute atomic E-state index is 0.148. The van der Waals surface area contributed by atoms with Crippen LogP contribution in [0.1, 0.15) is 18.4 Å². The molecule has 0 bridgehead atoms. The molecule has 8 heteroatoms. The second-order valence-electron chi connectivity index (χ2n) is 7.18. The maximum absolute atomic E-state index is 12.0. The summed E-state index contributed by atoms with van der Waals surface area (Å²) in [6.45, 7) is 3.27. The Labute approximate surface area is 169 Å². The number of benzene rings is 2. The number of anilines is 1. The Kier molecular flexibility index (Phi) is 6.91. The first-order valence-electron chi connectivity index (χ1n) is 9.61. The number of nitro benzene ring substituents is 1. The van der Waals surface area contributed by atoms with Gasteiger partial charge in [0.15, 0.2) is 0 Å². The zero-order valence-corrected chi connectivity index (χ0v) is 16.0. The molecule has 1 aliphatic heterocycles. The van der Waals surface area contributed by atoms with Crippen LogP contribution in [0, 0.1) is 16.0 Å². The number of nitrogens with zero attached hydrogens (tertiary/aromatic N) is 2. The zero-order chi connectivity index (χ0) is 20.6. The van der Waals surface area contributed by atoms with Crippen molar-refractivity contribution in [3.63, 3.8) is 0 Å². The Hall–Kier alpha value is -3.26. The van der Waals surface area contributed by atoms with Gasteiger partial charge < -0.3 is 10.6 Å². The molecule has 3 rings (SSSR count). The molecule has 1 heterocycles. The molecular weight excluding hydrogens is 372 g/mol. The van der Waals surface area contributed by atoms with Gasteiger partial charge in [-0.2, -0.15) is 0 Å². The molecule has 8 nitrogen and oxygen atoms in total. The summed E-state index contributed by atoms with van der Waals surface area (Å²) in [4.78, 5) is 36.7. The van der Waals surface area contributed by atoms with Gasteiger partial charge in [0.1, 0.15) is 0 Å². The van der Waals surface area contributed by atoms with E-state index in [-0.39, 0.29) is 11.4 Å². The third-order valence-electron chi connectivity index (χ3n) is 5.03. The maximum Gasteiger partial charge on any atom is 0.313 e. The van der Waals surface area contributed by atoms with Crippen molar-refractivity contribution in [3.8, 4) is 0 Å². The minimum Gasteiger partial charge on any atom is -0.348 e. The SMILES string of the molecule is O=C(NCC1CCN(Cc2ccccc2)CC1)C(=O)Nc1cccc([N+](=O)[O-])c1. The number of nitrogens with one attached hydrogen (secondary N) is 2. The number of amides is 2. The van der Waals surface area contributed by atoms with E-state index in [9.17, 15) is 19.7 Å². The van der Waals surface area contributed by atoms with Crippen molar-refractivity contribution >= 4 is 23.2 Å². The van der Waals surface area contributed by atoms with Gasteiger partial charge in [0.2, 0.25) is 0 Å². The first-order valence-corrected chi connectivity index (χ1v) is 9.61. The molecule has 0 saturated carbocycles. The highest BCUT2D eigenvalue weighted by molar-refractivity contribution is 6.39. The molecule has 2 aromatic carbocycles. The summed E-state index contributed by atoms with van der Waals surface area (Å²) in [6.07, 6.45) is 1.92. The fraction of sp³-hybridized carbons (Fsp3) is 0.333. The second kappa shape index (κ2) is 9.79. The highest BCUT2D eigenvalue weighted by Gasteiger charge is 2.21. The molecule has 1 aliphatic rings. The summed E-state index contributed by atoms with van der Waals surface area (Å²) in [6, 6.07) is 15.8. The number of piperidine rings is 1. The molecule has 152 valence electrons. The van der Waals surface area contributed by atoms with Crippen molar-refractivity contribution in [2.24, 2.45) is 5.92 Å². The van der Waals surface area contributed by atoms with Gasteiger partial charge in [-0.05, 0) is 43.5 Å². The van der Waals surface area contributed by atoms with Gasteiger partial charge in [0, 0.05) is 30.9 Å². The Bertz CT molecular complexity index is 864. The first-order chi connectivity index (χ1) is 14.0. The number of nitro groups is 1. The predicted molar refractivity (Wildman–Crippen MR) is 109 cm³/mol. The third kappa shape index (κ3) is 6.11. The molecule has 1 fully saturated rings. The molecular formula is C21H24N4O4. The van der Waals surface area contributed by atoms with Crippen LogP contribution in [-0.4, -0.2) is 41.3 Å². The van der Waals surface area contributed by atoms with E-state index in [4.69, 9.17) is 0 Å². The van der Waals surface area contributed by atoms with Crippen molar-refractivity contribution in [1.29, 1.82) is 0 Å². The van der Waals surface area contributed by atoms with Crippen molar-refractivity contribution in [2.45, 2.75) is 19.4 Å². The topological polar surface area (TPSA) is 105 Å². The van der Waals surface area contributed by atoms with Gasteiger partial charge in [-0.25, -0.2) is 0 Å². The van der Waals surface area contributed by atoms with Gasteiger partial charge in [0.05, 0.1) is 4.92 Å². The standard InChI is InChI=1S/C21H24N4O4/c26-20(21(27)23-18-7-4-8-19(13-18)25(28)29)22-14-16-9-11-24(12-10-16)15-17-5-2-1-3-6-17/h1-8,13,16H,9-12,14-15H2,(H,22,26)(H,23,27). The average Bonchev–Trinajstić information content (AvgIpc) is 2.74. The number of carbonyl (C=O) groups is 2. The van der Waals surface area contributed by atoms with Crippen LogP contribution in [0.3, 0.4) is 0 Å². The van der Waals surface area contributed by atoms with Crippen LogP contribution in [-0.2, 0) is 16.1 Å². The van der Waals surface area contributed by atoms with E-state index in [0.29, 0.717) is 12.5 Å². The molecule has 0 atom stereocenters. The van der Waals surface area contributed by atoms with Gasteiger partial charge in [-0.1, -0.05) is 36.4 Å². The van der Waals surface area contributed by atoms with Gasteiger partial charge in [-0.15, -0.1) is 0 Å². The monoisotopic (exact) mass is 396 g/mol. The predicted octanol–water partition coefficient (Wildman–Crippen LogP) is 2.56. The Morgan fingerprint density at radius 1 is 1.03 bits per heavy atom. The molecule has 0 spiro atoms. The average molecular weight is 396 g/mol. The lowest BCUT2D eigenvalue weighted by molar-refractivity contribution is -0.384. The fourth-order valence-corrected chi connectivity index (χ4v) is 3.39. The Morgan fingerprint density at radius 3 is 2.45 bits per heavy atom. The van der Waals surface area contributed by atoms with Gasteiger partial charge in [-0.3, -0.25) is 24.6 Å². The molecule has 2 aromatic rings. The highest BCUT2D eigenvalue weighted by atomic mass is 16.6. The second-order valence-corrected chi connectivity index (χ2v) is 7.18. The quantitative estimate of drug-likeness (QED) is 0.444. The lowest BCUT2D eigenvalue weighted by Crippen LogP contribution is -2.41. The molecule has 2 amide bonds. The number of carbonyl (C=O) groups excluding carboxylic acids is 2. The molecule has 29 heavy (non-hydrogen) atoms. The van der Waals surface area contributed by atoms with Gasteiger partial charge >= 0.3 is 11.8 Å². The number of hydrogen-bond donors (Lipinski definition) is 2. The van der Waals surface area contributed by atoms with Crippen LogP contribution in [0.2, 0.25) is 0 Å². The summed E-state index contributed by atoms with van der Waals surface area (Å²) < 4.78 is 0. The van der Waals surface area contributed by atoms with Crippen molar-refractivity contribution in [3.05, 3.63) is 70.3 Å². The first kappa shape index (κ1) is 20.5. The summed E-state index contributed by atoms with van der Waals surface area (Å²) in [5, 5.41) is 15.9. The Balaban J connectivity index is 1.40. The minimum atomic E-state index is -0.827. The number of rotatable bonds is 6. The summed E-state index contributed by atoms with van der Waals surface area (Å²) in [5.41, 5.74) is 1.36. The van der Waals surface area contributed by atoms with E-state index in [1.54, 1.807) is 0 Å². The maximum atomic E-state index is 12.0. The third-order valence-corrected chi connectivity index (χ3v) is 5.03. The van der Waals surface area contributed by atoms with Crippen LogP contribution in [0.15, 0.2) is 54.6 Å². The van der Waals surface area contributed by atoms with Crippen LogP contribution >= 0.6 is 0 Å². The summed E-state index contributed by atoms with van der Waals surface area (Å²) >= 11 is 0. The molecule has 0 unspecified atom stereocenters. The van der Waals surface area contributed by atoms with E-state index in [2.05, 4.69) is 27.7 Å². The molecule has 2 N–H and O–H groups in total. The van der Waals surface area contributed by atoms with Crippen molar-refractivity contribution in [2.75, 3.05) is 25.0 Å². The zero-order valence-electron chi connectivity index (χ0n) is 16.0. The number of likely N-dealkylation sites (tertiary alicyclic amines) is 1. The van der Waals surface area contributed by atoms with Crippen LogP contribution in [0.5, 0.6) is 0 Å². The Morgan fingerprint density at radius 2 is 1.76 bits per heavy atom. The van der Waals surface area contributed by atoms with E-state index >= 15 is 0 Å². The van der Waals surface area contributed by atoms with Crippen LogP contribution < -0.4 is 10.6 Å². The number of non-ortho nitro benzene ring substituents is 1. The van der Waals surface area contributed by atoms with Crippen molar-refractivity contribution in [1.82, 2.24) is 10.2 Å². The van der Waals surface area contributed by atoms with E-state index in [0.717, 1.165) is 32.5 Å². The molecule has 0 radical (unpaired) electrons. The van der Waals surface area contributed by atoms with Crippen LogP contribution in [0.25, 0.3) is 0 Å². The van der Waals surface area contributed by atoms with E-state index < -0.39 is 16.7 Å². The van der Waals surface area contributed by atoms with Gasteiger partial charge in [0.25, 0.3) is 5.69 Å². The number of hydrogen-bond acceptors (Lipinski definition) is 5. The van der Waals surface area contributed by atoms with Crippen LogP contribution in [0.4, 0.5) is 11.4 Å². The lowest BCUT2D eigenvalue weighted by atomic mass is 9.96. The molecule has 1 saturated heterocycles. The molecule has 0 aliphatic carbocycles. The van der Waals surface area contributed by atoms with Crippen molar-refractivity contribution < 1.29 is 14.5 Å². The normalized spacial score (nSPS) is 14.9. The summed E-state index contributed by atoms with van der Waals surface area (Å²) in [5.74, 6) is -1.23. The smallest absolute Gasteiger partial charge is 0.313 e. The lowest BCUT2D eigenvalue weighted by Gasteiger charge is -2.32. The molecule has 0 aromatic heterocycles. The van der Waals surface area contributed by atoms with E-state index in [1.807, 2.05) is 18.2 Å². The highest BCUT2D eigenvalue weighted by Crippen LogP contribution is 2.19.